The Morgan fingerprint density at radius 3 is 1.37 bits per heavy atom. The first kappa shape index (κ1) is 28.6. The van der Waals surface area contributed by atoms with Gasteiger partial charge < -0.3 is 10.9 Å². The zero-order valence-corrected chi connectivity index (χ0v) is 19.4. The van der Waals surface area contributed by atoms with Gasteiger partial charge in [0, 0.05) is 6.42 Å². The van der Waals surface area contributed by atoms with E-state index in [-0.39, 0.29) is 23.6 Å². The average molecular weight is 386 g/mol. The van der Waals surface area contributed by atoms with Crippen LogP contribution in [0.25, 0.3) is 0 Å². The number of hydrogen-bond acceptors (Lipinski definition) is 3. The molecule has 1 atom stereocenters. The number of hydrogen-bond donors (Lipinski definition) is 1. The maximum absolute atomic E-state index is 11.8. The average Bonchev–Trinajstić information content (AvgIpc) is 2.57. The van der Waals surface area contributed by atoms with Crippen molar-refractivity contribution in [1.82, 2.24) is 6.15 Å². The lowest BCUT2D eigenvalue weighted by molar-refractivity contribution is -0.153. The van der Waals surface area contributed by atoms with Crippen molar-refractivity contribution in [1.29, 1.82) is 0 Å². The lowest BCUT2D eigenvalue weighted by Crippen LogP contribution is -2.28. The minimum atomic E-state index is -0.0258. The highest BCUT2D eigenvalue weighted by Crippen LogP contribution is 2.22. The number of ether oxygens (including phenoxy) is 1. The number of esters is 1. The molecule has 0 saturated heterocycles. The van der Waals surface area contributed by atoms with Crippen LogP contribution in [0.4, 0.5) is 0 Å². The Hall–Kier alpha value is -0.570. The molecule has 0 aliphatic heterocycles. The fourth-order valence-electron chi connectivity index (χ4n) is 3.07. The van der Waals surface area contributed by atoms with Crippen molar-refractivity contribution in [2.24, 2.45) is 5.41 Å². The van der Waals surface area contributed by atoms with E-state index in [9.17, 15) is 4.79 Å². The largest absolute Gasteiger partial charge is 0.462 e. The summed E-state index contributed by atoms with van der Waals surface area (Å²) in [6, 6.07) is 0. The van der Waals surface area contributed by atoms with E-state index in [0.717, 1.165) is 12.8 Å². The van der Waals surface area contributed by atoms with Crippen LogP contribution in [0, 0.1) is 5.41 Å². The summed E-state index contributed by atoms with van der Waals surface area (Å²) in [7, 11) is 0. The molecule has 0 rings (SSSR count). The summed E-state index contributed by atoms with van der Waals surface area (Å²) in [6.07, 6.45) is 20.8. The van der Waals surface area contributed by atoms with Crippen LogP contribution in [-0.2, 0) is 9.53 Å². The van der Waals surface area contributed by atoms with Gasteiger partial charge >= 0.3 is 5.97 Å². The zero-order chi connectivity index (χ0) is 19.7. The molecule has 0 fully saturated rings. The predicted octanol–water partition coefficient (Wildman–Crippen LogP) is 8.39. The monoisotopic (exact) mass is 385 g/mol. The Morgan fingerprint density at radius 2 is 1.04 bits per heavy atom. The summed E-state index contributed by atoms with van der Waals surface area (Å²) in [4.78, 5) is 11.8. The van der Waals surface area contributed by atoms with Gasteiger partial charge in [0.2, 0.25) is 0 Å². The van der Waals surface area contributed by atoms with Crippen molar-refractivity contribution in [3.63, 3.8) is 0 Å². The molecule has 164 valence electrons. The third-order valence-electron chi connectivity index (χ3n) is 5.51. The molecule has 0 radical (unpaired) electrons. The molecule has 0 spiro atoms. The first-order chi connectivity index (χ1) is 12.4. The van der Waals surface area contributed by atoms with Crippen molar-refractivity contribution in [3.05, 3.63) is 0 Å². The van der Waals surface area contributed by atoms with E-state index in [1.54, 1.807) is 0 Å². The van der Waals surface area contributed by atoms with Crippen LogP contribution < -0.4 is 6.15 Å². The van der Waals surface area contributed by atoms with Gasteiger partial charge in [-0.05, 0) is 18.8 Å². The highest BCUT2D eigenvalue weighted by Gasteiger charge is 2.23. The van der Waals surface area contributed by atoms with Crippen LogP contribution in [0.2, 0.25) is 0 Å². The van der Waals surface area contributed by atoms with Crippen molar-refractivity contribution >= 4 is 5.97 Å². The van der Waals surface area contributed by atoms with Gasteiger partial charge in [0.1, 0.15) is 6.10 Å². The fourth-order valence-corrected chi connectivity index (χ4v) is 3.07. The summed E-state index contributed by atoms with van der Waals surface area (Å²) < 4.78 is 5.49. The van der Waals surface area contributed by atoms with Crippen LogP contribution in [0.1, 0.15) is 137 Å². The Balaban J connectivity index is 0. The summed E-state index contributed by atoms with van der Waals surface area (Å²) >= 11 is 0. The first-order valence-corrected chi connectivity index (χ1v) is 11.6. The van der Waals surface area contributed by atoms with Gasteiger partial charge in [-0.25, -0.2) is 0 Å². The number of unbranched alkanes of at least 4 members (excludes halogenated alkanes) is 14. The van der Waals surface area contributed by atoms with E-state index in [2.05, 4.69) is 27.7 Å². The van der Waals surface area contributed by atoms with Crippen molar-refractivity contribution in [3.8, 4) is 0 Å². The normalized spacial score (nSPS) is 12.5. The standard InChI is InChI=1S/C24H48O2.H3N/c1-6-7-8-9-10-11-12-13-14-15-16-17-18-19-20-21-23(25)26-22(2)24(3,4)5;/h22H,6-21H2,1-5H3;1H3. The Labute approximate surface area is 171 Å². The Kier molecular flexibility index (Phi) is 19.9. The second-order valence-electron chi connectivity index (χ2n) is 9.20. The smallest absolute Gasteiger partial charge is 0.306 e. The van der Waals surface area contributed by atoms with Crippen molar-refractivity contribution < 1.29 is 9.53 Å². The molecule has 0 aromatic rings. The van der Waals surface area contributed by atoms with Gasteiger partial charge in [-0.15, -0.1) is 0 Å². The highest BCUT2D eigenvalue weighted by molar-refractivity contribution is 5.69. The lowest BCUT2D eigenvalue weighted by atomic mass is 9.90. The molecule has 27 heavy (non-hydrogen) atoms. The van der Waals surface area contributed by atoms with Crippen LogP contribution in [-0.4, -0.2) is 12.1 Å². The molecule has 0 aromatic carbocycles. The molecule has 0 saturated carbocycles. The maximum Gasteiger partial charge on any atom is 0.306 e. The van der Waals surface area contributed by atoms with E-state index in [1.165, 1.54) is 83.5 Å². The van der Waals surface area contributed by atoms with E-state index < -0.39 is 0 Å². The van der Waals surface area contributed by atoms with Crippen LogP contribution in [0.15, 0.2) is 0 Å². The fraction of sp³-hybridized carbons (Fsp3) is 0.958. The second kappa shape index (κ2) is 18.8. The summed E-state index contributed by atoms with van der Waals surface area (Å²) in [5.41, 5.74) is 0.0325. The van der Waals surface area contributed by atoms with Crippen LogP contribution >= 0.6 is 0 Å². The molecule has 0 aliphatic carbocycles. The molecule has 3 heteroatoms. The summed E-state index contributed by atoms with van der Waals surface area (Å²) in [5.74, 6) is -0.0258. The molecule has 0 amide bonds. The minimum Gasteiger partial charge on any atom is -0.462 e. The number of carbonyl (C=O) groups is 1. The van der Waals surface area contributed by atoms with Gasteiger partial charge in [-0.2, -0.15) is 0 Å². The Morgan fingerprint density at radius 1 is 0.704 bits per heavy atom. The minimum absolute atomic E-state index is 0. The SMILES string of the molecule is CCCCCCCCCCCCCCCCCC(=O)OC(C)C(C)(C)C.N. The Bertz CT molecular complexity index is 323. The molecule has 0 aromatic heterocycles. The van der Waals surface area contributed by atoms with E-state index in [1.807, 2.05) is 6.92 Å². The summed E-state index contributed by atoms with van der Waals surface area (Å²) in [6.45, 7) is 10.6. The predicted molar refractivity (Wildman–Crippen MR) is 120 cm³/mol. The maximum atomic E-state index is 11.8. The third kappa shape index (κ3) is 20.0. The highest BCUT2D eigenvalue weighted by atomic mass is 16.5. The molecular formula is C24H51NO2. The molecular weight excluding hydrogens is 334 g/mol. The molecule has 3 nitrogen and oxygen atoms in total. The van der Waals surface area contributed by atoms with Gasteiger partial charge in [0.25, 0.3) is 0 Å². The van der Waals surface area contributed by atoms with Crippen molar-refractivity contribution in [2.45, 2.75) is 143 Å². The zero-order valence-electron chi connectivity index (χ0n) is 19.4. The topological polar surface area (TPSA) is 61.3 Å². The summed E-state index contributed by atoms with van der Waals surface area (Å²) in [5, 5.41) is 0. The van der Waals surface area contributed by atoms with Crippen LogP contribution in [0.5, 0.6) is 0 Å². The van der Waals surface area contributed by atoms with Crippen molar-refractivity contribution in [2.75, 3.05) is 0 Å². The lowest BCUT2D eigenvalue weighted by Gasteiger charge is -2.26. The van der Waals surface area contributed by atoms with E-state index in [4.69, 9.17) is 4.74 Å². The number of carbonyl (C=O) groups excluding carboxylic acids is 1. The first-order valence-electron chi connectivity index (χ1n) is 11.6. The molecule has 3 N–H and O–H groups in total. The quantitative estimate of drug-likeness (QED) is 0.202. The third-order valence-corrected chi connectivity index (χ3v) is 5.51. The van der Waals surface area contributed by atoms with E-state index >= 15 is 0 Å². The van der Waals surface area contributed by atoms with E-state index in [0.29, 0.717) is 6.42 Å². The number of rotatable bonds is 17. The van der Waals surface area contributed by atoms with Gasteiger partial charge in [-0.3, -0.25) is 4.79 Å². The molecule has 0 aliphatic rings. The van der Waals surface area contributed by atoms with Gasteiger partial charge in [0.15, 0.2) is 0 Å². The molecule has 0 heterocycles. The molecule has 1 unspecified atom stereocenters. The van der Waals surface area contributed by atoms with Gasteiger partial charge in [0.05, 0.1) is 0 Å². The molecule has 0 bridgehead atoms. The second-order valence-corrected chi connectivity index (χ2v) is 9.20. The van der Waals surface area contributed by atoms with Crippen LogP contribution in [0.3, 0.4) is 0 Å². The van der Waals surface area contributed by atoms with Gasteiger partial charge in [-0.1, -0.05) is 118 Å².